The zero-order valence-electron chi connectivity index (χ0n) is 50.2. The molecule has 14 rings (SSSR count). The average Bonchev–Trinajstić information content (AvgIpc) is 1.61. The molecule has 22 atom stereocenters. The molecule has 14 heterocycles. The maximum Gasteiger partial charge on any atom is 0.472 e. The van der Waals surface area contributed by atoms with Crippen LogP contribution in [-0.4, -0.2) is 211 Å². The summed E-state index contributed by atoms with van der Waals surface area (Å²) < 4.78 is 173. The number of aliphatic hydroxyl groups is 2. The van der Waals surface area contributed by atoms with Crippen molar-refractivity contribution in [1.29, 1.82) is 0 Å². The molecular formula is C42H48N20O34P6-4. The molecular weight excluding hydrogens is 1510 g/mol. The number of phosphoric ester groups is 6. The highest BCUT2D eigenvalue weighted by Crippen LogP contribution is 2.58. The SMILES string of the molecule is Nc1nc2c(ncn2[C@@H]2O[C@@H]3COP(=O)(O)O[C@H]4[C@@H](OP(=O)([O-])OCCOP(=O)([O-])O[C@@H]5[C@@H]6OP(=O)([O-])OC[C@H]7O[C@@H](n8cnc9c(=O)[nH]c(N)nc98)[C@H](O)[C@@H]7OP(=O)(O)OC[C@H]6O[C@H]5n5cnc6c(=O)[nH]c(N)nc65)[C@H](n5cnc6c(=O)[nH]c(N)nc65)O[C@@H]4COP(=O)([O-])O[C@H]3[C@H]2O)c(=O)[nH]1. The van der Waals surface area contributed by atoms with E-state index >= 15 is 0 Å². The molecule has 60 heteroatoms. The number of anilines is 4. The van der Waals surface area contributed by atoms with E-state index in [1.807, 2.05) is 0 Å². The Morgan fingerprint density at radius 1 is 0.471 bits per heavy atom. The highest BCUT2D eigenvalue weighted by atomic mass is 31.2. The van der Waals surface area contributed by atoms with Crippen molar-refractivity contribution in [2.24, 2.45) is 0 Å². The van der Waals surface area contributed by atoms with Crippen LogP contribution in [-0.2, 0) is 101 Å². The van der Waals surface area contributed by atoms with Gasteiger partial charge < -0.3 is 118 Å². The molecule has 6 saturated heterocycles. The van der Waals surface area contributed by atoms with Crippen LogP contribution in [0.3, 0.4) is 0 Å². The first-order valence-electron chi connectivity index (χ1n) is 28.7. The summed E-state index contributed by atoms with van der Waals surface area (Å²) >= 11 is 0. The third kappa shape index (κ3) is 14.1. The van der Waals surface area contributed by atoms with Crippen molar-refractivity contribution in [2.45, 2.75) is 98.2 Å². The van der Waals surface area contributed by atoms with Crippen molar-refractivity contribution in [1.82, 2.24) is 78.1 Å². The van der Waals surface area contributed by atoms with E-state index in [9.17, 15) is 86.1 Å². The summed E-state index contributed by atoms with van der Waals surface area (Å²) in [5.74, 6) is -1.98. The van der Waals surface area contributed by atoms with E-state index < -0.39 is 253 Å². The monoisotopic (exact) mass is 1560 g/mol. The molecule has 554 valence electrons. The zero-order chi connectivity index (χ0) is 72.7. The van der Waals surface area contributed by atoms with E-state index in [1.165, 1.54) is 0 Å². The number of fused-ring (bicyclic) bond motifs is 8. The van der Waals surface area contributed by atoms with Gasteiger partial charge in [-0.3, -0.25) is 93.7 Å². The van der Waals surface area contributed by atoms with Crippen LogP contribution in [0, 0.1) is 0 Å². The summed E-state index contributed by atoms with van der Waals surface area (Å²) in [6.45, 7) is -7.98. The average molecular weight is 1560 g/mol. The van der Waals surface area contributed by atoms with Crippen LogP contribution in [0.15, 0.2) is 44.5 Å². The van der Waals surface area contributed by atoms with Gasteiger partial charge >= 0.3 is 15.6 Å². The van der Waals surface area contributed by atoms with Gasteiger partial charge in [0, 0.05) is 0 Å². The fourth-order valence-corrected chi connectivity index (χ4v) is 17.2. The fraction of sp³-hybridized carbons (Fsp3) is 0.524. The first kappa shape index (κ1) is 72.0. The van der Waals surface area contributed by atoms with Crippen molar-refractivity contribution in [3.05, 3.63) is 66.7 Å². The summed E-state index contributed by atoms with van der Waals surface area (Å²) in [5.41, 5.74) is 16.1. The molecule has 0 aliphatic carbocycles. The predicted octanol–water partition coefficient (Wildman–Crippen LogP) is -7.33. The molecule has 16 N–H and O–H groups in total. The fourth-order valence-electron chi connectivity index (χ4n) is 11.6. The summed E-state index contributed by atoms with van der Waals surface area (Å²) in [6, 6.07) is 0. The van der Waals surface area contributed by atoms with Crippen molar-refractivity contribution in [3.8, 4) is 0 Å². The summed E-state index contributed by atoms with van der Waals surface area (Å²) in [7, 11) is -35.4. The lowest BCUT2D eigenvalue weighted by atomic mass is 10.1. The third-order valence-electron chi connectivity index (χ3n) is 15.8. The van der Waals surface area contributed by atoms with Gasteiger partial charge in [0.1, 0.15) is 73.2 Å². The minimum absolute atomic E-state index is 0.289. The molecule has 0 radical (unpaired) electrons. The van der Waals surface area contributed by atoms with E-state index in [4.69, 9.17) is 96.2 Å². The van der Waals surface area contributed by atoms with E-state index in [0.29, 0.717) is 0 Å². The van der Waals surface area contributed by atoms with Crippen molar-refractivity contribution >= 4 is 115 Å². The molecule has 0 amide bonds. The van der Waals surface area contributed by atoms with Gasteiger partial charge in [0.05, 0.1) is 65.0 Å². The van der Waals surface area contributed by atoms with Gasteiger partial charge in [-0.15, -0.1) is 0 Å². The molecule has 8 aromatic rings. The second-order valence-electron chi connectivity index (χ2n) is 22.3. The molecule has 0 saturated carbocycles. The van der Waals surface area contributed by atoms with Crippen LogP contribution in [0.5, 0.6) is 0 Å². The Morgan fingerprint density at radius 3 is 1.10 bits per heavy atom. The minimum atomic E-state index is -6.17. The van der Waals surface area contributed by atoms with Gasteiger partial charge in [-0.25, -0.2) is 29.1 Å². The second kappa shape index (κ2) is 26.6. The van der Waals surface area contributed by atoms with Crippen LogP contribution in [0.2, 0.25) is 0 Å². The quantitative estimate of drug-likeness (QED) is 0.0377. The molecule has 54 nitrogen and oxygen atoms in total. The summed E-state index contributed by atoms with van der Waals surface area (Å²) in [4.78, 5) is 169. The second-order valence-corrected chi connectivity index (χ2v) is 30.6. The number of aromatic nitrogens is 16. The molecule has 6 fully saturated rings. The molecule has 0 aromatic carbocycles. The van der Waals surface area contributed by atoms with Gasteiger partial charge in [0.25, 0.3) is 53.5 Å². The molecule has 8 aromatic heterocycles. The standard InChI is InChI=1S/C42H52N20O34P6/c43-39-51-27-15(31(65)55-39)47-7-59(27)35-19(63)21-11(87-35)3-83-101(77,78)93-23-13(5-85-99(73,74)91-21)89-37(61-9-49-17-29(61)53-41(45)57-33(17)67)25(23)95-97(69,70)81-1-2-82-98(71,72)96-26-24-14(90-38(26)62-10-50-18-30(62)54-42(46)58-34(18)68)6-86-100(75,76)92-22-12(4-84-102(79,80)94-24)88-36(20(22)64)60-8-48-16-28(60)52-40(44)56-32(16)66/h7-14,19-26,35-38,63-64H,1-6H2,(H,69,70)(H,71,72)(H,73,74)(H,75,76)(H,77,78)(H,79,80)(H3,43,51,55,65)(H3,44,52,56,66)(H3,45,53,57,67)(H3,46,54,58,68)/p-4/t11-,12-,13-,14-,19-,20-,21-,22-,23-,24-,25-,26-,35-,36-,37-,38-/m1/s1. The minimum Gasteiger partial charge on any atom is -0.756 e. The Labute approximate surface area is 559 Å². The smallest absolute Gasteiger partial charge is 0.472 e. The Bertz CT molecular complexity index is 4870. The predicted molar refractivity (Wildman–Crippen MR) is 313 cm³/mol. The van der Waals surface area contributed by atoms with Crippen molar-refractivity contribution < 1.29 is 140 Å². The number of aliphatic hydroxyl groups excluding tert-OH is 2. The lowest BCUT2D eigenvalue weighted by Gasteiger charge is -2.35. The normalized spacial score (nSPS) is 36.1. The Kier molecular flexibility index (Phi) is 18.7. The van der Waals surface area contributed by atoms with Gasteiger partial charge in [-0.1, -0.05) is 0 Å². The topological polar surface area (TPSA) is 782 Å². The number of nitrogens with one attached hydrogen (secondary N) is 4. The number of nitrogens with zero attached hydrogens (tertiary/aromatic N) is 12. The number of H-pyrrole nitrogens is 4. The van der Waals surface area contributed by atoms with Crippen molar-refractivity contribution in [3.63, 3.8) is 0 Å². The maximum absolute atomic E-state index is 14.1. The number of hydrogen-bond acceptors (Lipinski definition) is 44. The number of aromatic amines is 4. The number of phosphoric acid groups is 6. The zero-order valence-corrected chi connectivity index (χ0v) is 55.6. The first-order valence-corrected chi connectivity index (χ1v) is 37.6. The molecule has 0 spiro atoms. The number of nitrogen functional groups attached to an aromatic ring is 4. The van der Waals surface area contributed by atoms with Gasteiger partial charge in [-0.2, -0.15) is 19.9 Å². The van der Waals surface area contributed by atoms with Crippen LogP contribution in [0.25, 0.3) is 44.7 Å². The van der Waals surface area contributed by atoms with E-state index in [2.05, 4.69) is 59.8 Å². The Balaban J connectivity index is 0.706. The van der Waals surface area contributed by atoms with E-state index in [-0.39, 0.29) is 22.3 Å². The molecule has 0 bridgehead atoms. The van der Waals surface area contributed by atoms with E-state index in [0.717, 1.165) is 43.6 Å². The molecule has 102 heavy (non-hydrogen) atoms. The van der Waals surface area contributed by atoms with Crippen LogP contribution in [0.4, 0.5) is 23.8 Å². The Morgan fingerprint density at radius 2 is 0.745 bits per heavy atom. The number of imidazole rings is 4. The number of ether oxygens (including phenoxy) is 4. The largest absolute Gasteiger partial charge is 0.756 e. The number of nitrogens with two attached hydrogens (primary N) is 4. The highest BCUT2D eigenvalue weighted by molar-refractivity contribution is 7.48. The number of rotatable bonds is 13. The third-order valence-corrected chi connectivity index (χ3v) is 21.7. The maximum atomic E-state index is 14.1. The Hall–Kier alpha value is -6.98. The van der Waals surface area contributed by atoms with Crippen LogP contribution < -0.4 is 64.7 Å². The number of hydrogen-bond donors (Lipinski definition) is 12. The van der Waals surface area contributed by atoms with E-state index in [1.54, 1.807) is 0 Å². The van der Waals surface area contributed by atoms with Crippen molar-refractivity contribution in [2.75, 3.05) is 62.6 Å². The first-order chi connectivity index (χ1) is 48.0. The highest BCUT2D eigenvalue weighted by Gasteiger charge is 2.57. The lowest BCUT2D eigenvalue weighted by molar-refractivity contribution is -0.247. The summed E-state index contributed by atoms with van der Waals surface area (Å²) in [5, 5.41) is 22.9. The van der Waals surface area contributed by atoms with Gasteiger partial charge in [0.15, 0.2) is 69.6 Å². The van der Waals surface area contributed by atoms with Crippen LogP contribution >= 0.6 is 46.9 Å². The lowest BCUT2D eigenvalue weighted by Crippen LogP contribution is -2.41. The molecule has 6 aliphatic heterocycles. The van der Waals surface area contributed by atoms with Gasteiger partial charge in [0.2, 0.25) is 23.8 Å². The molecule has 6 aliphatic rings. The van der Waals surface area contributed by atoms with Crippen LogP contribution in [0.1, 0.15) is 24.9 Å². The molecule has 6 unspecified atom stereocenters. The summed E-state index contributed by atoms with van der Waals surface area (Å²) in [6.07, 6.45) is -30.3. The van der Waals surface area contributed by atoms with Gasteiger partial charge in [-0.05, 0) is 0 Å².